The molecule has 4 heteroatoms. The van der Waals surface area contributed by atoms with Crippen molar-refractivity contribution in [1.82, 2.24) is 14.5 Å². The first kappa shape index (κ1) is 27.6. The first-order valence-electron chi connectivity index (χ1n) is 16.9. The van der Waals surface area contributed by atoms with Crippen molar-refractivity contribution in [2.24, 2.45) is 0 Å². The van der Waals surface area contributed by atoms with Crippen LogP contribution >= 0.6 is 11.3 Å². The molecule has 0 fully saturated rings. The SMILES string of the molecule is c1ccc(-c2ccc(-n3c4ccc5cccc6sc7cccc8ccc3c(c87)c4c56)c(-c3nc4ccccc4nc3-c3ccccc3)c2)cc1. The Morgan fingerprint density at radius 3 is 1.58 bits per heavy atom. The molecular formula is C46H27N3S. The number of rotatable bonds is 4. The Morgan fingerprint density at radius 2 is 0.960 bits per heavy atom. The maximum Gasteiger partial charge on any atom is 0.0994 e. The second kappa shape index (κ2) is 10.6. The number of benzene rings is 8. The summed E-state index contributed by atoms with van der Waals surface area (Å²) >= 11 is 1.88. The van der Waals surface area contributed by atoms with Crippen molar-refractivity contribution in [3.8, 4) is 39.3 Å². The highest BCUT2D eigenvalue weighted by Crippen LogP contribution is 2.48. The normalized spacial score (nSPS) is 12.0. The Hall–Kier alpha value is -6.36. The summed E-state index contributed by atoms with van der Waals surface area (Å²) in [5.41, 5.74) is 11.3. The molecule has 0 atom stereocenters. The van der Waals surface area contributed by atoms with Crippen LogP contribution in [-0.2, 0) is 0 Å². The molecule has 0 radical (unpaired) electrons. The standard InChI is InChI=1S/C46H27N3S/c1-3-11-28(12-4-1)32-23-24-36(33(27-32)46-45(31-13-5-2-6-14-31)47-34-17-7-8-18-35(34)48-46)49-37-25-21-29-15-9-19-39-41(29)43(37)44-38(49)26-22-30-16-10-20-40(50-39)42(30)44/h1-27H. The summed E-state index contributed by atoms with van der Waals surface area (Å²) < 4.78 is 5.06. The maximum atomic E-state index is 5.43. The van der Waals surface area contributed by atoms with Gasteiger partial charge in [0, 0.05) is 42.1 Å². The van der Waals surface area contributed by atoms with Crippen LogP contribution < -0.4 is 0 Å². The van der Waals surface area contributed by atoms with Crippen molar-refractivity contribution >= 4 is 75.1 Å². The average molecular weight is 654 g/mol. The van der Waals surface area contributed by atoms with Crippen LogP contribution in [-0.4, -0.2) is 14.5 Å². The molecule has 232 valence electrons. The minimum Gasteiger partial charge on any atom is -0.309 e. The van der Waals surface area contributed by atoms with Gasteiger partial charge in [-0.2, -0.15) is 0 Å². The van der Waals surface area contributed by atoms with Crippen LogP contribution in [0, 0.1) is 0 Å². The van der Waals surface area contributed by atoms with Gasteiger partial charge in [-0.25, -0.2) is 9.97 Å². The number of fused-ring (bicyclic) bond motifs is 1. The summed E-state index contributed by atoms with van der Waals surface area (Å²) in [7, 11) is 0. The molecule has 8 aromatic carbocycles. The van der Waals surface area contributed by atoms with Gasteiger partial charge in [0.25, 0.3) is 0 Å². The van der Waals surface area contributed by atoms with Gasteiger partial charge < -0.3 is 4.57 Å². The second-order valence-corrected chi connectivity index (χ2v) is 14.0. The molecule has 0 spiro atoms. The summed E-state index contributed by atoms with van der Waals surface area (Å²) in [6.07, 6.45) is 0. The smallest absolute Gasteiger partial charge is 0.0994 e. The third-order valence-electron chi connectivity index (χ3n) is 10.1. The lowest BCUT2D eigenvalue weighted by atomic mass is 9.97. The molecule has 0 unspecified atom stereocenters. The van der Waals surface area contributed by atoms with E-state index >= 15 is 0 Å². The molecule has 3 heterocycles. The van der Waals surface area contributed by atoms with Crippen LogP contribution in [0.1, 0.15) is 0 Å². The van der Waals surface area contributed by atoms with E-state index in [4.69, 9.17) is 9.97 Å². The third-order valence-corrected chi connectivity index (χ3v) is 11.3. The molecule has 0 saturated heterocycles. The van der Waals surface area contributed by atoms with Gasteiger partial charge in [-0.1, -0.05) is 115 Å². The van der Waals surface area contributed by atoms with Crippen LogP contribution in [0.25, 0.3) is 103 Å². The van der Waals surface area contributed by atoms with Crippen molar-refractivity contribution in [3.63, 3.8) is 0 Å². The van der Waals surface area contributed by atoms with E-state index in [2.05, 4.69) is 156 Å². The van der Waals surface area contributed by atoms with Crippen LogP contribution in [0.15, 0.2) is 164 Å². The van der Waals surface area contributed by atoms with E-state index in [0.717, 1.165) is 50.4 Å². The molecule has 0 aliphatic rings. The number of hydrogen-bond acceptors (Lipinski definition) is 3. The molecule has 3 aromatic heterocycles. The van der Waals surface area contributed by atoms with Crippen molar-refractivity contribution in [2.75, 3.05) is 0 Å². The van der Waals surface area contributed by atoms with Crippen LogP contribution in [0.4, 0.5) is 0 Å². The lowest BCUT2D eigenvalue weighted by Crippen LogP contribution is -2.02. The zero-order chi connectivity index (χ0) is 32.8. The van der Waals surface area contributed by atoms with E-state index < -0.39 is 0 Å². The Bertz CT molecular complexity index is 2980. The van der Waals surface area contributed by atoms with Gasteiger partial charge in [0.1, 0.15) is 0 Å². The average Bonchev–Trinajstić information content (AvgIpc) is 3.44. The minimum absolute atomic E-state index is 0.864. The first-order chi connectivity index (χ1) is 24.8. The fourth-order valence-electron chi connectivity index (χ4n) is 7.94. The molecule has 3 nitrogen and oxygen atoms in total. The predicted molar refractivity (Wildman–Crippen MR) is 212 cm³/mol. The molecule has 0 bridgehead atoms. The van der Waals surface area contributed by atoms with E-state index in [1.165, 1.54) is 52.8 Å². The van der Waals surface area contributed by atoms with Gasteiger partial charge in [-0.15, -0.1) is 11.3 Å². The van der Waals surface area contributed by atoms with Gasteiger partial charge in [0.2, 0.25) is 0 Å². The number of hydrogen-bond donors (Lipinski definition) is 0. The molecule has 0 saturated carbocycles. The Kier molecular flexibility index (Phi) is 5.83. The van der Waals surface area contributed by atoms with Crippen LogP contribution in [0.5, 0.6) is 0 Å². The molecule has 50 heavy (non-hydrogen) atoms. The topological polar surface area (TPSA) is 30.7 Å². The van der Waals surface area contributed by atoms with Gasteiger partial charge in [-0.05, 0) is 70.4 Å². The largest absolute Gasteiger partial charge is 0.309 e. The van der Waals surface area contributed by atoms with Crippen LogP contribution in [0.3, 0.4) is 0 Å². The zero-order valence-electron chi connectivity index (χ0n) is 26.8. The second-order valence-electron chi connectivity index (χ2n) is 12.9. The van der Waals surface area contributed by atoms with Gasteiger partial charge in [-0.3, -0.25) is 0 Å². The van der Waals surface area contributed by atoms with E-state index in [9.17, 15) is 0 Å². The fraction of sp³-hybridized carbons (Fsp3) is 0. The molecule has 0 N–H and O–H groups in total. The molecular weight excluding hydrogens is 627 g/mol. The number of para-hydroxylation sites is 2. The van der Waals surface area contributed by atoms with E-state index in [-0.39, 0.29) is 0 Å². The van der Waals surface area contributed by atoms with E-state index in [1.54, 1.807) is 0 Å². The summed E-state index contributed by atoms with van der Waals surface area (Å²) in [6, 6.07) is 58.7. The van der Waals surface area contributed by atoms with Gasteiger partial charge in [0.05, 0.1) is 39.1 Å². The highest BCUT2D eigenvalue weighted by atomic mass is 32.1. The third kappa shape index (κ3) is 3.97. The molecule has 0 aliphatic carbocycles. The van der Waals surface area contributed by atoms with Gasteiger partial charge >= 0.3 is 0 Å². The molecule has 11 rings (SSSR count). The molecule has 0 amide bonds. The lowest BCUT2D eigenvalue weighted by molar-refractivity contribution is 1.17. The fourth-order valence-corrected chi connectivity index (χ4v) is 9.12. The van der Waals surface area contributed by atoms with Crippen LogP contribution in [0.2, 0.25) is 0 Å². The molecule has 11 aromatic rings. The lowest BCUT2D eigenvalue weighted by Gasteiger charge is -2.18. The minimum atomic E-state index is 0.864. The quantitative estimate of drug-likeness (QED) is 0.189. The highest BCUT2D eigenvalue weighted by Gasteiger charge is 2.24. The van der Waals surface area contributed by atoms with E-state index in [1.807, 2.05) is 23.5 Å². The van der Waals surface area contributed by atoms with Crippen molar-refractivity contribution < 1.29 is 0 Å². The Balaban J connectivity index is 1.33. The van der Waals surface area contributed by atoms with Crippen molar-refractivity contribution in [3.05, 3.63) is 164 Å². The Labute approximate surface area is 291 Å². The first-order valence-corrected chi connectivity index (χ1v) is 17.7. The number of aromatic nitrogens is 3. The van der Waals surface area contributed by atoms with Crippen molar-refractivity contribution in [1.29, 1.82) is 0 Å². The van der Waals surface area contributed by atoms with Gasteiger partial charge in [0.15, 0.2) is 0 Å². The number of nitrogens with zero attached hydrogens (tertiary/aromatic N) is 3. The summed E-state index contributed by atoms with van der Waals surface area (Å²) in [4.78, 5) is 10.7. The summed E-state index contributed by atoms with van der Waals surface area (Å²) in [6.45, 7) is 0. The predicted octanol–water partition coefficient (Wildman–Crippen LogP) is 12.7. The Morgan fingerprint density at radius 1 is 0.400 bits per heavy atom. The summed E-state index contributed by atoms with van der Waals surface area (Å²) in [5, 5.41) is 7.78. The molecule has 0 aliphatic heterocycles. The zero-order valence-corrected chi connectivity index (χ0v) is 27.7. The van der Waals surface area contributed by atoms with E-state index in [0.29, 0.717) is 0 Å². The highest BCUT2D eigenvalue weighted by molar-refractivity contribution is 7.24. The summed E-state index contributed by atoms with van der Waals surface area (Å²) in [5.74, 6) is 0. The maximum absolute atomic E-state index is 5.43. The monoisotopic (exact) mass is 653 g/mol. The van der Waals surface area contributed by atoms with Crippen molar-refractivity contribution in [2.45, 2.75) is 0 Å².